The van der Waals surface area contributed by atoms with Crippen molar-refractivity contribution < 1.29 is 4.74 Å². The van der Waals surface area contributed by atoms with Crippen LogP contribution in [0.2, 0.25) is 0 Å². The first-order valence-corrected chi connectivity index (χ1v) is 10.0. The summed E-state index contributed by atoms with van der Waals surface area (Å²) in [6, 6.07) is 4.20. The first kappa shape index (κ1) is 22.2. The van der Waals surface area contributed by atoms with Gasteiger partial charge in [-0.2, -0.15) is 0 Å². The smallest absolute Gasteiger partial charge is 0.191 e. The number of rotatable bonds is 8. The largest absolute Gasteiger partial charge is 0.385 e. The lowest BCUT2D eigenvalue weighted by molar-refractivity contribution is 0.138. The summed E-state index contributed by atoms with van der Waals surface area (Å²) in [6.07, 6.45) is 6.39. The van der Waals surface area contributed by atoms with Crippen LogP contribution in [0.5, 0.6) is 0 Å². The average molecular weight is 530 g/mol. The molecular formula is C17H29BrIN3OS. The highest BCUT2D eigenvalue weighted by Crippen LogP contribution is 2.40. The van der Waals surface area contributed by atoms with E-state index in [9.17, 15) is 0 Å². The van der Waals surface area contributed by atoms with Gasteiger partial charge in [0.1, 0.15) is 0 Å². The van der Waals surface area contributed by atoms with Crippen LogP contribution in [0.4, 0.5) is 0 Å². The van der Waals surface area contributed by atoms with Gasteiger partial charge in [-0.05, 0) is 59.7 Å². The van der Waals surface area contributed by atoms with Crippen LogP contribution in [0.25, 0.3) is 0 Å². The molecule has 1 fully saturated rings. The maximum atomic E-state index is 5.31. The number of methoxy groups -OCH3 is 1. The van der Waals surface area contributed by atoms with Crippen LogP contribution in [-0.2, 0) is 11.3 Å². The second kappa shape index (κ2) is 11.7. The van der Waals surface area contributed by atoms with E-state index in [2.05, 4.69) is 45.6 Å². The molecule has 0 spiro atoms. The van der Waals surface area contributed by atoms with Crippen LogP contribution >= 0.6 is 51.2 Å². The third kappa shape index (κ3) is 7.17. The molecule has 1 heterocycles. The molecule has 0 bridgehead atoms. The van der Waals surface area contributed by atoms with E-state index in [1.54, 1.807) is 18.4 Å². The van der Waals surface area contributed by atoms with Gasteiger partial charge in [-0.15, -0.1) is 35.3 Å². The van der Waals surface area contributed by atoms with Gasteiger partial charge in [0.15, 0.2) is 5.96 Å². The second-order valence-corrected chi connectivity index (χ2v) is 8.75. The lowest BCUT2D eigenvalue weighted by Gasteiger charge is -2.30. The molecule has 1 aromatic heterocycles. The molecular weight excluding hydrogens is 501 g/mol. The Hall–Kier alpha value is 0.140. The van der Waals surface area contributed by atoms with E-state index in [4.69, 9.17) is 9.73 Å². The van der Waals surface area contributed by atoms with Crippen molar-refractivity contribution in [1.82, 2.24) is 10.6 Å². The molecule has 0 aliphatic heterocycles. The van der Waals surface area contributed by atoms with Gasteiger partial charge in [-0.3, -0.25) is 0 Å². The molecule has 1 saturated carbocycles. The SMILES string of the molecule is CCNC(=NCc1ccc(Br)s1)NCC1(CCOC)CCCC1.I. The van der Waals surface area contributed by atoms with Gasteiger partial charge in [-0.25, -0.2) is 4.99 Å². The molecule has 2 N–H and O–H groups in total. The molecule has 7 heteroatoms. The van der Waals surface area contributed by atoms with Gasteiger partial charge >= 0.3 is 0 Å². The fourth-order valence-electron chi connectivity index (χ4n) is 3.17. The number of hydrogen-bond donors (Lipinski definition) is 2. The van der Waals surface area contributed by atoms with Gasteiger partial charge in [-0.1, -0.05) is 12.8 Å². The van der Waals surface area contributed by atoms with E-state index < -0.39 is 0 Å². The van der Waals surface area contributed by atoms with Gasteiger partial charge in [0.25, 0.3) is 0 Å². The molecule has 0 amide bonds. The van der Waals surface area contributed by atoms with E-state index in [-0.39, 0.29) is 24.0 Å². The number of guanidine groups is 1. The normalized spacial score (nSPS) is 16.7. The maximum Gasteiger partial charge on any atom is 0.191 e. The molecule has 0 unspecified atom stereocenters. The van der Waals surface area contributed by atoms with E-state index in [1.165, 1.54) is 30.6 Å². The van der Waals surface area contributed by atoms with E-state index in [1.807, 2.05) is 0 Å². The first-order valence-electron chi connectivity index (χ1n) is 8.43. The molecule has 2 rings (SSSR count). The zero-order valence-corrected chi connectivity index (χ0v) is 19.3. The van der Waals surface area contributed by atoms with Crippen molar-refractivity contribution in [3.05, 3.63) is 20.8 Å². The summed E-state index contributed by atoms with van der Waals surface area (Å²) in [6.45, 7) is 5.53. The van der Waals surface area contributed by atoms with Crippen molar-refractivity contribution in [3.63, 3.8) is 0 Å². The Morgan fingerprint density at radius 2 is 2.08 bits per heavy atom. The van der Waals surface area contributed by atoms with Crippen molar-refractivity contribution >= 4 is 57.2 Å². The Balaban J connectivity index is 0.00000288. The molecule has 0 saturated heterocycles. The molecule has 138 valence electrons. The van der Waals surface area contributed by atoms with Crippen molar-refractivity contribution in [1.29, 1.82) is 0 Å². The second-order valence-electron chi connectivity index (χ2n) is 6.20. The van der Waals surface area contributed by atoms with Crippen LogP contribution < -0.4 is 10.6 Å². The van der Waals surface area contributed by atoms with Gasteiger partial charge < -0.3 is 15.4 Å². The predicted octanol–water partition coefficient (Wildman–Crippen LogP) is 4.78. The maximum absolute atomic E-state index is 5.31. The molecule has 0 atom stereocenters. The highest BCUT2D eigenvalue weighted by molar-refractivity contribution is 14.0. The number of halogens is 2. The van der Waals surface area contributed by atoms with E-state index in [0.29, 0.717) is 5.41 Å². The lowest BCUT2D eigenvalue weighted by Crippen LogP contribution is -2.43. The van der Waals surface area contributed by atoms with Crippen molar-refractivity contribution in [2.45, 2.75) is 45.6 Å². The minimum atomic E-state index is 0. The third-order valence-corrected chi connectivity index (χ3v) is 6.11. The number of aliphatic imine (C=N–C) groups is 1. The molecule has 1 aliphatic carbocycles. The summed E-state index contributed by atoms with van der Waals surface area (Å²) in [5.41, 5.74) is 0.373. The summed E-state index contributed by atoms with van der Waals surface area (Å²) in [4.78, 5) is 5.99. The fourth-order valence-corrected chi connectivity index (χ4v) is 4.57. The van der Waals surface area contributed by atoms with Crippen LogP contribution in [0.1, 0.15) is 43.9 Å². The highest BCUT2D eigenvalue weighted by atomic mass is 127. The minimum absolute atomic E-state index is 0. The third-order valence-electron chi connectivity index (χ3n) is 4.50. The van der Waals surface area contributed by atoms with Crippen LogP contribution in [0, 0.1) is 5.41 Å². The van der Waals surface area contributed by atoms with E-state index in [0.717, 1.165) is 42.4 Å². The zero-order chi connectivity index (χ0) is 16.5. The van der Waals surface area contributed by atoms with Crippen LogP contribution in [0.3, 0.4) is 0 Å². The quantitative estimate of drug-likeness (QED) is 0.289. The number of ether oxygens (including phenoxy) is 1. The summed E-state index contributed by atoms with van der Waals surface area (Å²) in [5.74, 6) is 0.917. The van der Waals surface area contributed by atoms with Crippen LogP contribution in [-0.4, -0.2) is 32.8 Å². The number of nitrogens with one attached hydrogen (secondary N) is 2. The number of hydrogen-bond acceptors (Lipinski definition) is 3. The standard InChI is InChI=1S/C17H28BrN3OS.HI/c1-3-19-16(20-12-14-6-7-15(18)23-14)21-13-17(10-11-22-2)8-4-5-9-17;/h6-7H,3-5,8-13H2,1-2H3,(H2,19,20,21);1H. The van der Waals surface area contributed by atoms with Crippen molar-refractivity contribution in [2.24, 2.45) is 10.4 Å². The Morgan fingerprint density at radius 1 is 1.33 bits per heavy atom. The Morgan fingerprint density at radius 3 is 2.67 bits per heavy atom. The average Bonchev–Trinajstić information content (AvgIpc) is 3.18. The number of nitrogens with zero attached hydrogens (tertiary/aromatic N) is 1. The zero-order valence-electron chi connectivity index (χ0n) is 14.6. The van der Waals surface area contributed by atoms with Gasteiger partial charge in [0, 0.05) is 31.7 Å². The molecule has 1 aliphatic rings. The molecule has 4 nitrogen and oxygen atoms in total. The molecule has 1 aromatic rings. The fraction of sp³-hybridized carbons (Fsp3) is 0.706. The summed E-state index contributed by atoms with van der Waals surface area (Å²) in [7, 11) is 1.79. The molecule has 24 heavy (non-hydrogen) atoms. The Kier molecular flexibility index (Phi) is 10.8. The number of thiophene rings is 1. The van der Waals surface area contributed by atoms with Gasteiger partial charge in [0.05, 0.1) is 10.3 Å². The minimum Gasteiger partial charge on any atom is -0.385 e. The van der Waals surface area contributed by atoms with E-state index >= 15 is 0 Å². The first-order chi connectivity index (χ1) is 11.2. The Bertz CT molecular complexity index is 504. The monoisotopic (exact) mass is 529 g/mol. The highest BCUT2D eigenvalue weighted by Gasteiger charge is 2.33. The van der Waals surface area contributed by atoms with Crippen molar-refractivity contribution in [3.8, 4) is 0 Å². The Labute approximate surface area is 175 Å². The van der Waals surface area contributed by atoms with Crippen LogP contribution in [0.15, 0.2) is 20.9 Å². The van der Waals surface area contributed by atoms with Gasteiger partial charge in [0.2, 0.25) is 0 Å². The summed E-state index contributed by atoms with van der Waals surface area (Å²) < 4.78 is 6.47. The summed E-state index contributed by atoms with van der Waals surface area (Å²) in [5, 5.41) is 6.92. The predicted molar refractivity (Wildman–Crippen MR) is 118 cm³/mol. The topological polar surface area (TPSA) is 45.7 Å². The lowest BCUT2D eigenvalue weighted by atomic mass is 9.83. The molecule has 0 radical (unpaired) electrons. The van der Waals surface area contributed by atoms with Crippen molar-refractivity contribution in [2.75, 3.05) is 26.8 Å². The summed E-state index contributed by atoms with van der Waals surface area (Å²) >= 11 is 5.24. The molecule has 0 aromatic carbocycles.